The molecular formula is C30H33N3O2S2. The summed E-state index contributed by atoms with van der Waals surface area (Å²) in [7, 11) is 0. The van der Waals surface area contributed by atoms with Crippen molar-refractivity contribution in [3.05, 3.63) is 85.8 Å². The summed E-state index contributed by atoms with van der Waals surface area (Å²) in [6.45, 7) is 14.7. The largest absolute Gasteiger partial charge is 0.318 e. The fraction of sp³-hybridized carbons (Fsp3) is 0.367. The number of benzene rings is 1. The molecular weight excluding hydrogens is 498 g/mol. The summed E-state index contributed by atoms with van der Waals surface area (Å²) in [6.07, 6.45) is 4.77. The van der Waals surface area contributed by atoms with Crippen LogP contribution in [0.1, 0.15) is 56.7 Å². The standard InChI is InChI=1S/C30H33N3O2S2/c1-7-12-32-29(35)27-23-11-8-17(2)13-26(23)37-28(27)31-30(32)36-16-25(34)24-15-20(5)33(21(24)6)22-10-9-18(3)19(4)14-22/h7,9-10,14-15,17H,1,8,11-13,16H2,2-6H3/t17-/m1/s1. The number of aromatic nitrogens is 3. The summed E-state index contributed by atoms with van der Waals surface area (Å²) in [4.78, 5) is 34.0. The minimum atomic E-state index is -0.0141. The maximum absolute atomic E-state index is 13.6. The Balaban J connectivity index is 1.46. The number of hydrogen-bond donors (Lipinski definition) is 0. The summed E-state index contributed by atoms with van der Waals surface area (Å²) in [6, 6.07) is 8.34. The van der Waals surface area contributed by atoms with Crippen LogP contribution in [-0.4, -0.2) is 25.7 Å². The van der Waals surface area contributed by atoms with Gasteiger partial charge in [0.05, 0.1) is 11.1 Å². The van der Waals surface area contributed by atoms with Gasteiger partial charge in [0.15, 0.2) is 10.9 Å². The Morgan fingerprint density at radius 1 is 1.22 bits per heavy atom. The van der Waals surface area contributed by atoms with Gasteiger partial charge < -0.3 is 4.57 Å². The van der Waals surface area contributed by atoms with Gasteiger partial charge in [-0.15, -0.1) is 17.9 Å². The molecule has 0 aliphatic heterocycles. The van der Waals surface area contributed by atoms with Crippen molar-refractivity contribution in [1.82, 2.24) is 14.1 Å². The Labute approximate surface area is 226 Å². The normalized spacial score (nSPS) is 15.2. The van der Waals surface area contributed by atoms with Crippen LogP contribution in [0.2, 0.25) is 0 Å². The lowest BCUT2D eigenvalue weighted by Crippen LogP contribution is -2.24. The molecule has 5 nitrogen and oxygen atoms in total. The third-order valence-electron chi connectivity index (χ3n) is 7.50. The average molecular weight is 532 g/mol. The topological polar surface area (TPSA) is 56.9 Å². The minimum absolute atomic E-state index is 0.0141. The molecule has 1 aromatic carbocycles. The van der Waals surface area contributed by atoms with Crippen LogP contribution in [0.15, 0.2) is 46.9 Å². The molecule has 0 N–H and O–H groups in total. The van der Waals surface area contributed by atoms with Gasteiger partial charge in [-0.2, -0.15) is 0 Å². The Morgan fingerprint density at radius 3 is 2.73 bits per heavy atom. The highest BCUT2D eigenvalue weighted by atomic mass is 32.2. The first-order chi connectivity index (χ1) is 17.7. The van der Waals surface area contributed by atoms with Crippen LogP contribution in [0.3, 0.4) is 0 Å². The number of ketones is 1. The number of allylic oxidation sites excluding steroid dienone is 1. The lowest BCUT2D eigenvalue weighted by Gasteiger charge is -2.17. The second-order valence-electron chi connectivity index (χ2n) is 10.2. The highest BCUT2D eigenvalue weighted by Gasteiger charge is 2.25. The molecule has 7 heteroatoms. The molecule has 4 aromatic rings. The van der Waals surface area contributed by atoms with Crippen LogP contribution in [-0.2, 0) is 19.4 Å². The molecule has 0 saturated carbocycles. The van der Waals surface area contributed by atoms with Crippen molar-refractivity contribution in [2.24, 2.45) is 5.92 Å². The van der Waals surface area contributed by atoms with Crippen molar-refractivity contribution < 1.29 is 4.79 Å². The number of carbonyl (C=O) groups excluding carboxylic acids is 1. The summed E-state index contributed by atoms with van der Waals surface area (Å²) in [5, 5.41) is 1.35. The van der Waals surface area contributed by atoms with E-state index in [1.54, 1.807) is 22.0 Å². The SMILES string of the molecule is C=CCn1c(SCC(=O)c2cc(C)n(-c3ccc(C)c(C)c3)c2C)nc2sc3c(c2c1=O)CC[C@@H](C)C3. The van der Waals surface area contributed by atoms with Crippen molar-refractivity contribution in [1.29, 1.82) is 0 Å². The molecule has 0 amide bonds. The van der Waals surface area contributed by atoms with Gasteiger partial charge in [-0.05, 0) is 87.8 Å². The second kappa shape index (κ2) is 10.1. The second-order valence-corrected chi connectivity index (χ2v) is 12.3. The van der Waals surface area contributed by atoms with Gasteiger partial charge in [-0.1, -0.05) is 30.8 Å². The summed E-state index contributed by atoms with van der Waals surface area (Å²) >= 11 is 2.99. The van der Waals surface area contributed by atoms with Gasteiger partial charge in [-0.3, -0.25) is 14.2 Å². The molecule has 3 aromatic heterocycles. The monoisotopic (exact) mass is 531 g/mol. The van der Waals surface area contributed by atoms with Crippen LogP contribution < -0.4 is 5.56 Å². The number of thiophene rings is 1. The lowest BCUT2D eigenvalue weighted by molar-refractivity contribution is 0.102. The average Bonchev–Trinajstić information content (AvgIpc) is 3.37. The molecule has 0 fully saturated rings. The molecule has 1 aliphatic rings. The van der Waals surface area contributed by atoms with E-state index in [2.05, 4.69) is 50.1 Å². The first-order valence-corrected chi connectivity index (χ1v) is 14.6. The number of carbonyl (C=O) groups is 1. The van der Waals surface area contributed by atoms with Gasteiger partial charge in [0, 0.05) is 34.1 Å². The number of rotatable bonds is 7. The number of nitrogens with zero attached hydrogens (tertiary/aromatic N) is 3. The number of aryl methyl sites for hydroxylation is 4. The number of fused-ring (bicyclic) bond motifs is 3. The summed E-state index contributed by atoms with van der Waals surface area (Å²) in [5.41, 5.74) is 7.36. The third kappa shape index (κ3) is 4.64. The van der Waals surface area contributed by atoms with Crippen molar-refractivity contribution in [3.8, 4) is 5.69 Å². The van der Waals surface area contributed by atoms with Crippen molar-refractivity contribution in [3.63, 3.8) is 0 Å². The van der Waals surface area contributed by atoms with Gasteiger partial charge >= 0.3 is 0 Å². The molecule has 0 spiro atoms. The quantitative estimate of drug-likeness (QED) is 0.114. The third-order valence-corrected chi connectivity index (χ3v) is 9.63. The number of thioether (sulfide) groups is 1. The molecule has 0 radical (unpaired) electrons. The maximum Gasteiger partial charge on any atom is 0.263 e. The van der Waals surface area contributed by atoms with Crippen LogP contribution in [0, 0.1) is 33.6 Å². The van der Waals surface area contributed by atoms with E-state index in [-0.39, 0.29) is 17.1 Å². The zero-order valence-electron chi connectivity index (χ0n) is 22.2. The molecule has 3 heterocycles. The Bertz CT molecular complexity index is 1610. The van der Waals surface area contributed by atoms with Crippen LogP contribution >= 0.6 is 23.1 Å². The number of hydrogen-bond acceptors (Lipinski definition) is 5. The molecule has 0 unspecified atom stereocenters. The fourth-order valence-corrected chi connectivity index (χ4v) is 7.64. The molecule has 1 aliphatic carbocycles. The zero-order valence-corrected chi connectivity index (χ0v) is 23.8. The van der Waals surface area contributed by atoms with Crippen LogP contribution in [0.4, 0.5) is 0 Å². The fourth-order valence-electron chi connectivity index (χ4n) is 5.32. The first kappa shape index (κ1) is 25.7. The molecule has 0 saturated heterocycles. The van der Waals surface area contributed by atoms with Crippen LogP contribution in [0.5, 0.6) is 0 Å². The summed E-state index contributed by atoms with van der Waals surface area (Å²) in [5.74, 6) is 0.881. The lowest BCUT2D eigenvalue weighted by atomic mass is 9.89. The van der Waals surface area contributed by atoms with E-state index in [1.807, 2.05) is 19.9 Å². The molecule has 37 heavy (non-hydrogen) atoms. The minimum Gasteiger partial charge on any atom is -0.318 e. The number of Topliss-reactive ketones (excluding diaryl/α,β-unsaturated/α-hetero) is 1. The smallest absolute Gasteiger partial charge is 0.263 e. The molecule has 5 rings (SSSR count). The van der Waals surface area contributed by atoms with E-state index in [0.29, 0.717) is 23.2 Å². The van der Waals surface area contributed by atoms with Crippen molar-refractivity contribution >= 4 is 39.1 Å². The molecule has 192 valence electrons. The van der Waals surface area contributed by atoms with E-state index in [9.17, 15) is 9.59 Å². The van der Waals surface area contributed by atoms with E-state index in [1.165, 1.54) is 33.3 Å². The predicted octanol–water partition coefficient (Wildman–Crippen LogP) is 6.77. The van der Waals surface area contributed by atoms with Gasteiger partial charge in [0.25, 0.3) is 5.56 Å². The van der Waals surface area contributed by atoms with E-state index in [4.69, 9.17) is 4.98 Å². The Kier molecular flexibility index (Phi) is 7.03. The maximum atomic E-state index is 13.6. The zero-order chi connectivity index (χ0) is 26.4. The van der Waals surface area contributed by atoms with Crippen LogP contribution in [0.25, 0.3) is 15.9 Å². The van der Waals surface area contributed by atoms with Crippen molar-refractivity contribution in [2.75, 3.05) is 5.75 Å². The van der Waals surface area contributed by atoms with Gasteiger partial charge in [-0.25, -0.2) is 4.98 Å². The molecule has 0 bridgehead atoms. The van der Waals surface area contributed by atoms with E-state index in [0.717, 1.165) is 46.6 Å². The predicted molar refractivity (Wildman–Crippen MR) is 155 cm³/mol. The highest BCUT2D eigenvalue weighted by Crippen LogP contribution is 2.36. The van der Waals surface area contributed by atoms with Crippen molar-refractivity contribution in [2.45, 2.75) is 65.6 Å². The highest BCUT2D eigenvalue weighted by molar-refractivity contribution is 7.99. The molecule has 1 atom stereocenters. The summed E-state index contributed by atoms with van der Waals surface area (Å²) < 4.78 is 3.82. The Morgan fingerprint density at radius 2 is 2.00 bits per heavy atom. The van der Waals surface area contributed by atoms with Gasteiger partial charge in [0.2, 0.25) is 0 Å². The van der Waals surface area contributed by atoms with Gasteiger partial charge in [0.1, 0.15) is 4.83 Å². The first-order valence-electron chi connectivity index (χ1n) is 12.8. The van der Waals surface area contributed by atoms with E-state index >= 15 is 0 Å². The van der Waals surface area contributed by atoms with E-state index < -0.39 is 0 Å². The Hall–Kier alpha value is -2.90.